The summed E-state index contributed by atoms with van der Waals surface area (Å²) >= 11 is 0. The lowest BCUT2D eigenvalue weighted by Gasteiger charge is -2.46. The van der Waals surface area contributed by atoms with Crippen molar-refractivity contribution in [3.05, 3.63) is 0 Å². The zero-order chi connectivity index (χ0) is 23.3. The molecule has 0 bridgehead atoms. The largest absolute Gasteiger partial charge is 0.394 e. The Morgan fingerprint density at radius 2 is 1.45 bits per heavy atom. The summed E-state index contributed by atoms with van der Waals surface area (Å²) < 4.78 is 32.7. The van der Waals surface area contributed by atoms with E-state index in [1.54, 1.807) is 0 Å². The highest BCUT2D eigenvalue weighted by Crippen LogP contribution is 2.37. The fourth-order valence-electron chi connectivity index (χ4n) is 3.27. The number of rotatable bonds is 10. The summed E-state index contributed by atoms with van der Waals surface area (Å²) in [7, 11) is -4.44. The molecule has 0 aliphatic carbocycles. The summed E-state index contributed by atoms with van der Waals surface area (Å²) in [5, 5.41) is 60.2. The van der Waals surface area contributed by atoms with Gasteiger partial charge >= 0.3 is 7.60 Å². The van der Waals surface area contributed by atoms with Crippen molar-refractivity contribution in [1.29, 1.82) is 0 Å². The summed E-state index contributed by atoms with van der Waals surface area (Å²) in [5.41, 5.74) is 0. The van der Waals surface area contributed by atoms with Crippen LogP contribution in [0, 0.1) is 0 Å². The van der Waals surface area contributed by atoms with E-state index in [2.05, 4.69) is 4.84 Å². The van der Waals surface area contributed by atoms with Crippen LogP contribution in [0.2, 0.25) is 0 Å². The molecule has 0 saturated carbocycles. The first-order chi connectivity index (χ1) is 14.5. The third-order valence-electron chi connectivity index (χ3n) is 4.97. The molecule has 0 amide bonds. The maximum Gasteiger partial charge on any atom is 0.325 e. The van der Waals surface area contributed by atoms with E-state index in [0.29, 0.717) is 0 Å². The third-order valence-corrected chi connectivity index (χ3v) is 5.81. The molecule has 0 spiro atoms. The van der Waals surface area contributed by atoms with Gasteiger partial charge in [-0.1, -0.05) is 0 Å². The predicted molar refractivity (Wildman–Crippen MR) is 96.9 cm³/mol. The van der Waals surface area contributed by atoms with Crippen molar-refractivity contribution in [2.24, 2.45) is 5.90 Å². The minimum absolute atomic E-state index is 0.0765. The van der Waals surface area contributed by atoms with Gasteiger partial charge in [0.25, 0.3) is 0 Å². The Hall–Kier alpha value is -0.330. The maximum absolute atomic E-state index is 11.1. The number of ether oxygens (including phenoxy) is 4. The molecular formula is C15H30NO14P. The average molecular weight is 479 g/mol. The topological polar surface area (TPSA) is 251 Å². The fraction of sp³-hybridized carbons (Fsp3) is 1.00. The average Bonchev–Trinajstić information content (AvgIpc) is 2.71. The van der Waals surface area contributed by atoms with E-state index in [1.807, 2.05) is 0 Å². The van der Waals surface area contributed by atoms with Gasteiger partial charge in [-0.15, -0.1) is 0 Å². The zero-order valence-electron chi connectivity index (χ0n) is 16.4. The van der Waals surface area contributed by atoms with Crippen LogP contribution in [0.15, 0.2) is 0 Å². The Kier molecular flexibility index (Phi) is 10.2. The van der Waals surface area contributed by atoms with E-state index in [9.17, 15) is 35.2 Å². The standard InChI is InChI=1S/C15H30NO14P/c16-27-3-2-26-15-13(11(21)9(19)7(5-17)29-15)30-14-12(22)10(20)8(18)6(28-14)1-4-31(23,24)25/h6-15,17-22H,1-5,16H2,(H2,23,24,25)/t6?,7?,8-,9-,10?,11?,12-,13-,14-,15+/m1/s1. The molecule has 10 atom stereocenters. The molecule has 2 heterocycles. The molecule has 16 heteroatoms. The van der Waals surface area contributed by atoms with Crippen molar-refractivity contribution in [3.63, 3.8) is 0 Å². The molecule has 15 nitrogen and oxygen atoms in total. The molecule has 4 unspecified atom stereocenters. The number of hydrogen-bond donors (Lipinski definition) is 9. The first-order valence-electron chi connectivity index (χ1n) is 9.45. The number of aliphatic hydroxyl groups is 6. The summed E-state index contributed by atoms with van der Waals surface area (Å²) in [4.78, 5) is 22.4. The van der Waals surface area contributed by atoms with E-state index in [4.69, 9.17) is 34.6 Å². The number of aliphatic hydroxyl groups excluding tert-OH is 6. The number of hydrogen-bond acceptors (Lipinski definition) is 13. The Bertz CT molecular complexity index is 594. The molecule has 0 aromatic heterocycles. The quantitative estimate of drug-likeness (QED) is 0.0808. The molecule has 184 valence electrons. The Morgan fingerprint density at radius 1 is 0.839 bits per heavy atom. The lowest BCUT2D eigenvalue weighted by atomic mass is 9.96. The van der Waals surface area contributed by atoms with Gasteiger partial charge in [-0.25, -0.2) is 5.90 Å². The van der Waals surface area contributed by atoms with Gasteiger partial charge in [0.15, 0.2) is 12.6 Å². The predicted octanol–water partition coefficient (Wildman–Crippen LogP) is -4.91. The van der Waals surface area contributed by atoms with E-state index in [0.717, 1.165) is 0 Å². The third kappa shape index (κ3) is 7.07. The molecule has 0 aromatic rings. The summed E-state index contributed by atoms with van der Waals surface area (Å²) in [5.74, 6) is 4.91. The lowest BCUT2D eigenvalue weighted by molar-refractivity contribution is -0.366. The maximum atomic E-state index is 11.1. The smallest absolute Gasteiger partial charge is 0.325 e. The molecule has 10 N–H and O–H groups in total. The second-order valence-corrected chi connectivity index (χ2v) is 9.02. The van der Waals surface area contributed by atoms with Crippen LogP contribution in [-0.4, -0.2) is 128 Å². The molecule has 0 aromatic carbocycles. The Morgan fingerprint density at radius 3 is 2.03 bits per heavy atom. The van der Waals surface area contributed by atoms with Crippen molar-refractivity contribution in [1.82, 2.24) is 0 Å². The fourth-order valence-corrected chi connectivity index (χ4v) is 3.86. The van der Waals surface area contributed by atoms with Gasteiger partial charge in [-0.3, -0.25) is 4.57 Å². The monoisotopic (exact) mass is 479 g/mol. The van der Waals surface area contributed by atoms with Crippen molar-refractivity contribution in [2.45, 2.75) is 67.8 Å². The molecule has 2 aliphatic rings. The molecule has 31 heavy (non-hydrogen) atoms. The highest BCUT2D eigenvalue weighted by molar-refractivity contribution is 7.51. The van der Waals surface area contributed by atoms with Gasteiger partial charge in [-0.05, 0) is 6.42 Å². The SMILES string of the molecule is NOCCO[C@H]1OC(CO)[C@@H](O)C(O)[C@H]1O[C@H]1OC(CCP(=O)(O)O)[C@@H](O)C(O)[C@H]1O. The van der Waals surface area contributed by atoms with E-state index >= 15 is 0 Å². The second kappa shape index (κ2) is 11.7. The minimum atomic E-state index is -4.44. The molecule has 0 radical (unpaired) electrons. The van der Waals surface area contributed by atoms with Crippen LogP contribution < -0.4 is 5.90 Å². The highest BCUT2D eigenvalue weighted by Gasteiger charge is 2.51. The zero-order valence-corrected chi connectivity index (χ0v) is 17.3. The first-order valence-corrected chi connectivity index (χ1v) is 11.2. The lowest BCUT2D eigenvalue weighted by Crippen LogP contribution is -2.64. The van der Waals surface area contributed by atoms with Gasteiger partial charge in [0.1, 0.15) is 42.7 Å². The number of nitrogens with two attached hydrogens (primary N) is 1. The van der Waals surface area contributed by atoms with Crippen molar-refractivity contribution < 1.29 is 68.8 Å². The molecule has 2 aliphatic heterocycles. The molecule has 2 rings (SSSR count). The normalized spacial score (nSPS) is 42.0. The van der Waals surface area contributed by atoms with Crippen molar-refractivity contribution >= 4 is 7.60 Å². The van der Waals surface area contributed by atoms with Gasteiger partial charge in [0, 0.05) is 0 Å². The first kappa shape index (κ1) is 26.9. The van der Waals surface area contributed by atoms with E-state index in [-0.39, 0.29) is 19.6 Å². The van der Waals surface area contributed by atoms with Crippen molar-refractivity contribution in [3.8, 4) is 0 Å². The minimum Gasteiger partial charge on any atom is -0.394 e. The van der Waals surface area contributed by atoms with Crippen LogP contribution in [0.3, 0.4) is 0 Å². The molecular weight excluding hydrogens is 449 g/mol. The Balaban J connectivity index is 2.14. The van der Waals surface area contributed by atoms with E-state index < -0.39 is 81.8 Å². The summed E-state index contributed by atoms with van der Waals surface area (Å²) in [6.45, 7) is -0.870. The van der Waals surface area contributed by atoms with Crippen LogP contribution >= 0.6 is 7.60 Å². The van der Waals surface area contributed by atoms with Crippen LogP contribution in [0.25, 0.3) is 0 Å². The Labute approximate surface area is 177 Å². The van der Waals surface area contributed by atoms with Crippen molar-refractivity contribution in [2.75, 3.05) is 26.0 Å². The van der Waals surface area contributed by atoms with Gasteiger partial charge < -0.3 is 64.2 Å². The highest BCUT2D eigenvalue weighted by atomic mass is 31.2. The summed E-state index contributed by atoms with van der Waals surface area (Å²) in [6, 6.07) is 0. The molecule has 2 fully saturated rings. The van der Waals surface area contributed by atoms with Gasteiger partial charge in [0.2, 0.25) is 0 Å². The van der Waals surface area contributed by atoms with Crippen LogP contribution in [-0.2, 0) is 28.4 Å². The van der Waals surface area contributed by atoms with E-state index in [1.165, 1.54) is 0 Å². The second-order valence-electron chi connectivity index (χ2n) is 7.24. The molecule has 2 saturated heterocycles. The van der Waals surface area contributed by atoms with Crippen LogP contribution in [0.5, 0.6) is 0 Å². The van der Waals surface area contributed by atoms with Crippen LogP contribution in [0.1, 0.15) is 6.42 Å². The van der Waals surface area contributed by atoms with Gasteiger partial charge in [0.05, 0.1) is 32.1 Å². The van der Waals surface area contributed by atoms with Crippen LogP contribution in [0.4, 0.5) is 0 Å². The summed E-state index contributed by atoms with van der Waals surface area (Å²) in [6.07, 6.45) is -16.8. The van der Waals surface area contributed by atoms with Gasteiger partial charge in [-0.2, -0.15) is 0 Å².